The van der Waals surface area contributed by atoms with Crippen LogP contribution >= 0.6 is 0 Å². The summed E-state index contributed by atoms with van der Waals surface area (Å²) in [6.07, 6.45) is 3.12. The lowest BCUT2D eigenvalue weighted by Crippen LogP contribution is -2.38. The topological polar surface area (TPSA) is 97.4 Å². The van der Waals surface area contributed by atoms with E-state index in [0.717, 1.165) is 24.3 Å². The summed E-state index contributed by atoms with van der Waals surface area (Å²) in [6, 6.07) is 1.58. The molecule has 1 saturated carbocycles. The number of rotatable bonds is 17. The minimum Gasteiger partial charge on any atom is -0.463 e. The molecule has 0 spiro atoms. The van der Waals surface area contributed by atoms with E-state index < -0.39 is 52.9 Å². The van der Waals surface area contributed by atoms with Gasteiger partial charge in [0.15, 0.2) is 11.6 Å². The lowest BCUT2D eigenvalue weighted by molar-refractivity contribution is -0.226. The molecule has 0 atom stereocenters. The molecule has 8 nitrogen and oxygen atoms in total. The molecule has 1 aliphatic rings. The van der Waals surface area contributed by atoms with Crippen LogP contribution in [0.5, 0.6) is 5.75 Å². The molecule has 0 amide bonds. The van der Waals surface area contributed by atoms with Gasteiger partial charge in [0.2, 0.25) is 5.82 Å². The summed E-state index contributed by atoms with van der Waals surface area (Å²) < 4.78 is 83.4. The average Bonchev–Trinajstić information content (AvgIpc) is 2.98. The number of esters is 3. The normalized spacial score (nSPS) is 16.4. The number of hydrogen-bond acceptors (Lipinski definition) is 8. The van der Waals surface area contributed by atoms with E-state index in [-0.39, 0.29) is 51.8 Å². The van der Waals surface area contributed by atoms with Crippen LogP contribution < -0.4 is 4.74 Å². The van der Waals surface area contributed by atoms with Gasteiger partial charge in [0.1, 0.15) is 0 Å². The summed E-state index contributed by atoms with van der Waals surface area (Å²) in [7, 11) is 0. The number of unbranched alkanes of at least 4 members (excludes halogenated alkanes) is 1. The van der Waals surface area contributed by atoms with Gasteiger partial charge in [-0.3, -0.25) is 0 Å². The molecule has 0 saturated heterocycles. The Hall–Kier alpha value is -3.89. The van der Waals surface area contributed by atoms with Crippen molar-refractivity contribution in [3.63, 3.8) is 0 Å². The Morgan fingerprint density at radius 1 is 0.881 bits per heavy atom. The number of carbonyl (C=O) groups excluding carboxylic acids is 3. The largest absolute Gasteiger partial charge is 0.463 e. The van der Waals surface area contributed by atoms with Crippen LogP contribution in [-0.4, -0.2) is 56.5 Å². The molecule has 0 aliphatic heterocycles. The molecular formula is C30H34F4O8. The van der Waals surface area contributed by atoms with Crippen molar-refractivity contribution in [3.05, 3.63) is 72.5 Å². The molecule has 0 N–H and O–H groups in total. The van der Waals surface area contributed by atoms with Gasteiger partial charge in [0.05, 0.1) is 44.0 Å². The smallest absolute Gasteiger partial charge is 0.400 e. The monoisotopic (exact) mass is 598 g/mol. The van der Waals surface area contributed by atoms with Crippen molar-refractivity contribution < 1.29 is 55.6 Å². The van der Waals surface area contributed by atoms with Gasteiger partial charge in [-0.25, -0.2) is 18.8 Å². The maximum absolute atomic E-state index is 14.8. The fraction of sp³-hybridized carbons (Fsp3) is 0.467. The molecule has 0 aromatic heterocycles. The summed E-state index contributed by atoms with van der Waals surface area (Å²) in [5, 5.41) is 0. The third kappa shape index (κ3) is 11.5. The van der Waals surface area contributed by atoms with Crippen molar-refractivity contribution in [2.45, 2.75) is 57.2 Å². The Labute approximate surface area is 241 Å². The van der Waals surface area contributed by atoms with Crippen LogP contribution in [0.15, 0.2) is 55.3 Å². The fourth-order valence-electron chi connectivity index (χ4n) is 3.92. The molecule has 1 aromatic rings. The highest BCUT2D eigenvalue weighted by atomic mass is 19.3. The molecule has 1 aromatic carbocycles. The van der Waals surface area contributed by atoms with Crippen molar-refractivity contribution in [2.75, 3.05) is 26.4 Å². The minimum atomic E-state index is -3.78. The van der Waals surface area contributed by atoms with Gasteiger partial charge in [-0.1, -0.05) is 13.2 Å². The van der Waals surface area contributed by atoms with Crippen LogP contribution in [0.4, 0.5) is 17.6 Å². The van der Waals surface area contributed by atoms with Gasteiger partial charge >= 0.3 is 24.0 Å². The third-order valence-electron chi connectivity index (χ3n) is 6.17. The maximum atomic E-state index is 14.8. The molecule has 12 heteroatoms. The lowest BCUT2D eigenvalue weighted by Gasteiger charge is -2.33. The van der Waals surface area contributed by atoms with E-state index in [1.165, 1.54) is 0 Å². The molecule has 230 valence electrons. The summed E-state index contributed by atoms with van der Waals surface area (Å²) >= 11 is 0. The highest BCUT2D eigenvalue weighted by Gasteiger charge is 2.45. The third-order valence-corrected chi connectivity index (χ3v) is 6.17. The SMILES string of the molecule is C=CC(=O)OCCC=C=CCOC1CCC(C(F)(F)Oc2ccc(C(=O)OCCCCOC(=O)C=C)c(F)c2F)CC1. The van der Waals surface area contributed by atoms with Crippen LogP contribution in [0.25, 0.3) is 0 Å². The molecular weight excluding hydrogens is 564 g/mol. The molecule has 0 radical (unpaired) electrons. The average molecular weight is 599 g/mol. The van der Waals surface area contributed by atoms with Crippen molar-refractivity contribution in [1.82, 2.24) is 0 Å². The number of ether oxygens (including phenoxy) is 5. The first-order valence-corrected chi connectivity index (χ1v) is 13.4. The molecule has 0 heterocycles. The van der Waals surface area contributed by atoms with E-state index in [2.05, 4.69) is 23.6 Å². The summed E-state index contributed by atoms with van der Waals surface area (Å²) in [5.74, 6) is -7.94. The zero-order chi connectivity index (χ0) is 31.0. The first kappa shape index (κ1) is 34.3. The van der Waals surface area contributed by atoms with Crippen LogP contribution in [0.2, 0.25) is 0 Å². The zero-order valence-corrected chi connectivity index (χ0v) is 23.1. The number of halogens is 4. The summed E-state index contributed by atoms with van der Waals surface area (Å²) in [6.45, 7) is 6.85. The second kappa shape index (κ2) is 17.8. The lowest BCUT2D eigenvalue weighted by atomic mass is 9.86. The van der Waals surface area contributed by atoms with Crippen LogP contribution in [0, 0.1) is 17.6 Å². The summed E-state index contributed by atoms with van der Waals surface area (Å²) in [5.41, 5.74) is 2.11. The van der Waals surface area contributed by atoms with Gasteiger partial charge in [0, 0.05) is 18.6 Å². The first-order valence-electron chi connectivity index (χ1n) is 13.4. The molecule has 0 bridgehead atoms. The molecule has 42 heavy (non-hydrogen) atoms. The van der Waals surface area contributed by atoms with Gasteiger partial charge < -0.3 is 23.7 Å². The second-order valence-corrected chi connectivity index (χ2v) is 9.16. The standard InChI is InChI=1S/C30H34F4O8/c1-3-25(35)39-18-8-6-5-7-17-38-22-13-11-21(12-14-22)30(33,34)42-24-16-15-23(27(31)28(24)32)29(37)41-20-10-9-19-40-26(36)4-2/h3-4,6-7,15-16,21-22H,1-2,8-14,17-20H2. The number of alkyl halides is 2. The second-order valence-electron chi connectivity index (χ2n) is 9.16. The molecule has 1 aliphatic carbocycles. The minimum absolute atomic E-state index is 0.0349. The maximum Gasteiger partial charge on any atom is 0.400 e. The molecule has 1 fully saturated rings. The number of carbonyl (C=O) groups is 3. The van der Waals surface area contributed by atoms with E-state index in [4.69, 9.17) is 18.9 Å². The van der Waals surface area contributed by atoms with Crippen molar-refractivity contribution in [1.29, 1.82) is 0 Å². The zero-order valence-electron chi connectivity index (χ0n) is 23.1. The predicted octanol–water partition coefficient (Wildman–Crippen LogP) is 6.01. The fourth-order valence-corrected chi connectivity index (χ4v) is 3.92. The quantitative estimate of drug-likeness (QED) is 0.0538. The van der Waals surface area contributed by atoms with Gasteiger partial charge in [-0.2, -0.15) is 13.2 Å². The highest BCUT2D eigenvalue weighted by Crippen LogP contribution is 2.40. The number of benzene rings is 1. The van der Waals surface area contributed by atoms with E-state index in [9.17, 15) is 31.9 Å². The van der Waals surface area contributed by atoms with Crippen LogP contribution in [0.3, 0.4) is 0 Å². The van der Waals surface area contributed by atoms with E-state index in [1.54, 1.807) is 12.2 Å². The van der Waals surface area contributed by atoms with Crippen molar-refractivity contribution in [2.24, 2.45) is 5.92 Å². The van der Waals surface area contributed by atoms with Gasteiger partial charge in [0.25, 0.3) is 0 Å². The summed E-state index contributed by atoms with van der Waals surface area (Å²) in [4.78, 5) is 34.0. The van der Waals surface area contributed by atoms with E-state index >= 15 is 0 Å². The Morgan fingerprint density at radius 2 is 1.50 bits per heavy atom. The first-order chi connectivity index (χ1) is 20.1. The van der Waals surface area contributed by atoms with Crippen molar-refractivity contribution >= 4 is 17.9 Å². The Kier molecular flexibility index (Phi) is 14.6. The number of hydrogen-bond donors (Lipinski definition) is 0. The molecule has 0 unspecified atom stereocenters. The van der Waals surface area contributed by atoms with Crippen LogP contribution in [-0.2, 0) is 28.5 Å². The van der Waals surface area contributed by atoms with Crippen LogP contribution in [0.1, 0.15) is 55.3 Å². The van der Waals surface area contributed by atoms with Crippen molar-refractivity contribution in [3.8, 4) is 5.75 Å². The molecule has 2 rings (SSSR count). The Bertz CT molecular complexity index is 1150. The van der Waals surface area contributed by atoms with Gasteiger partial charge in [-0.15, -0.1) is 5.73 Å². The van der Waals surface area contributed by atoms with E-state index in [0.29, 0.717) is 25.7 Å². The Morgan fingerprint density at radius 3 is 2.14 bits per heavy atom. The van der Waals surface area contributed by atoms with Gasteiger partial charge in [-0.05, 0) is 62.8 Å². The highest BCUT2D eigenvalue weighted by molar-refractivity contribution is 5.90. The van der Waals surface area contributed by atoms with E-state index in [1.807, 2.05) is 0 Å². The predicted molar refractivity (Wildman–Crippen MR) is 143 cm³/mol. The Balaban J connectivity index is 1.78.